The predicted octanol–water partition coefficient (Wildman–Crippen LogP) is 0.433. The number of aromatic nitrogens is 2. The van der Waals surface area contributed by atoms with Gasteiger partial charge < -0.3 is 10.1 Å². The molecule has 2 heterocycles. The summed E-state index contributed by atoms with van der Waals surface area (Å²) in [5.74, 6) is -0.501. The maximum Gasteiger partial charge on any atom is 0.267 e. The summed E-state index contributed by atoms with van der Waals surface area (Å²) in [7, 11) is 0. The minimum absolute atomic E-state index is 0.293. The molecule has 0 spiro atoms. The number of rotatable bonds is 1. The Balaban J connectivity index is 2.68. The maximum absolute atomic E-state index is 10.7. The van der Waals surface area contributed by atoms with Crippen molar-refractivity contribution in [1.29, 1.82) is 0 Å². The van der Waals surface area contributed by atoms with E-state index in [4.69, 9.17) is 5.73 Å². The van der Waals surface area contributed by atoms with Crippen LogP contribution in [-0.2, 0) is 0 Å². The standard InChI is InChI=1S/C8H7N3O/c9-8(12)7-4-6-2-1-3-11(6)5-10-7/h1-5H,(H2,9,12). The number of nitrogens with two attached hydrogens (primary N) is 1. The Hall–Kier alpha value is -1.84. The molecule has 0 unspecified atom stereocenters. The number of nitrogens with zero attached hydrogens (tertiary/aromatic N) is 2. The van der Waals surface area contributed by atoms with Crippen molar-refractivity contribution in [3.8, 4) is 0 Å². The smallest absolute Gasteiger partial charge is 0.267 e. The lowest BCUT2D eigenvalue weighted by atomic mass is 10.3. The lowest BCUT2D eigenvalue weighted by Gasteiger charge is -1.95. The van der Waals surface area contributed by atoms with Gasteiger partial charge in [-0.05, 0) is 18.2 Å². The fraction of sp³-hybridized carbons (Fsp3) is 0. The van der Waals surface area contributed by atoms with Crippen LogP contribution in [-0.4, -0.2) is 15.3 Å². The molecular weight excluding hydrogens is 154 g/mol. The molecule has 0 bridgehead atoms. The molecule has 0 aliphatic carbocycles. The van der Waals surface area contributed by atoms with E-state index in [-0.39, 0.29) is 0 Å². The zero-order valence-corrected chi connectivity index (χ0v) is 6.27. The van der Waals surface area contributed by atoms with Gasteiger partial charge in [-0.25, -0.2) is 4.98 Å². The van der Waals surface area contributed by atoms with E-state index in [0.717, 1.165) is 5.52 Å². The van der Waals surface area contributed by atoms with Gasteiger partial charge in [0.1, 0.15) is 5.69 Å². The fourth-order valence-electron chi connectivity index (χ4n) is 1.07. The lowest BCUT2D eigenvalue weighted by molar-refractivity contribution is 0.0995. The van der Waals surface area contributed by atoms with Crippen LogP contribution in [0.4, 0.5) is 0 Å². The number of primary amides is 1. The molecule has 0 saturated heterocycles. The Morgan fingerprint density at radius 3 is 3.17 bits per heavy atom. The second-order valence-corrected chi connectivity index (χ2v) is 2.48. The number of fused-ring (bicyclic) bond motifs is 1. The van der Waals surface area contributed by atoms with Gasteiger partial charge in [-0.3, -0.25) is 4.79 Å². The van der Waals surface area contributed by atoms with Crippen molar-refractivity contribution in [3.63, 3.8) is 0 Å². The van der Waals surface area contributed by atoms with Crippen LogP contribution in [0.2, 0.25) is 0 Å². The quantitative estimate of drug-likeness (QED) is 0.659. The minimum atomic E-state index is -0.501. The first-order valence-corrected chi connectivity index (χ1v) is 3.50. The molecule has 4 heteroatoms. The van der Waals surface area contributed by atoms with Gasteiger partial charge >= 0.3 is 0 Å². The molecule has 2 rings (SSSR count). The van der Waals surface area contributed by atoms with Gasteiger partial charge in [-0.2, -0.15) is 0 Å². The molecule has 0 aliphatic rings. The van der Waals surface area contributed by atoms with Gasteiger partial charge in [0.2, 0.25) is 0 Å². The van der Waals surface area contributed by atoms with Crippen LogP contribution >= 0.6 is 0 Å². The largest absolute Gasteiger partial charge is 0.364 e. The van der Waals surface area contributed by atoms with Crippen molar-refractivity contribution in [1.82, 2.24) is 9.38 Å². The number of carbonyl (C=O) groups excluding carboxylic acids is 1. The maximum atomic E-state index is 10.7. The Bertz CT molecular complexity index is 433. The number of hydrogen-bond acceptors (Lipinski definition) is 2. The molecule has 0 aromatic carbocycles. The first-order valence-electron chi connectivity index (χ1n) is 3.50. The van der Waals surface area contributed by atoms with E-state index in [9.17, 15) is 4.79 Å². The van der Waals surface area contributed by atoms with Crippen LogP contribution in [0.1, 0.15) is 10.5 Å². The molecular formula is C8H7N3O. The summed E-state index contributed by atoms with van der Waals surface area (Å²) in [6.45, 7) is 0. The molecule has 0 radical (unpaired) electrons. The molecule has 0 aliphatic heterocycles. The fourth-order valence-corrected chi connectivity index (χ4v) is 1.07. The summed E-state index contributed by atoms with van der Waals surface area (Å²) in [6, 6.07) is 5.41. The third-order valence-electron chi connectivity index (χ3n) is 1.67. The second kappa shape index (κ2) is 2.34. The van der Waals surface area contributed by atoms with Crippen LogP contribution in [0.3, 0.4) is 0 Å². The Morgan fingerprint density at radius 1 is 1.58 bits per heavy atom. The Morgan fingerprint density at radius 2 is 2.42 bits per heavy atom. The van der Waals surface area contributed by atoms with Gasteiger partial charge in [-0.1, -0.05) is 0 Å². The van der Waals surface area contributed by atoms with Crippen LogP contribution < -0.4 is 5.73 Å². The van der Waals surface area contributed by atoms with E-state index in [1.807, 2.05) is 22.7 Å². The third kappa shape index (κ3) is 0.934. The molecule has 4 nitrogen and oxygen atoms in total. The SMILES string of the molecule is NC(=O)c1cc2cccn2cn1. The molecule has 0 fully saturated rings. The minimum Gasteiger partial charge on any atom is -0.364 e. The van der Waals surface area contributed by atoms with Crippen LogP contribution in [0.25, 0.3) is 5.52 Å². The van der Waals surface area contributed by atoms with Crippen LogP contribution in [0.15, 0.2) is 30.7 Å². The summed E-state index contributed by atoms with van der Waals surface area (Å²) in [4.78, 5) is 14.6. The Kier molecular flexibility index (Phi) is 1.33. The summed E-state index contributed by atoms with van der Waals surface area (Å²) >= 11 is 0. The predicted molar refractivity (Wildman–Crippen MR) is 43.7 cm³/mol. The topological polar surface area (TPSA) is 60.4 Å². The van der Waals surface area contributed by atoms with Crippen molar-refractivity contribution in [2.24, 2.45) is 5.73 Å². The van der Waals surface area contributed by atoms with Gasteiger partial charge in [0.25, 0.3) is 5.91 Å². The normalized spacial score (nSPS) is 10.3. The van der Waals surface area contributed by atoms with E-state index in [2.05, 4.69) is 4.98 Å². The Labute approximate surface area is 68.6 Å². The van der Waals surface area contributed by atoms with E-state index in [1.165, 1.54) is 0 Å². The summed E-state index contributed by atoms with van der Waals surface area (Å²) in [5.41, 5.74) is 6.27. The average Bonchev–Trinajstić information content (AvgIpc) is 2.49. The molecule has 2 aromatic rings. The third-order valence-corrected chi connectivity index (χ3v) is 1.67. The molecule has 2 N–H and O–H groups in total. The average molecular weight is 161 g/mol. The highest BCUT2D eigenvalue weighted by Gasteiger charge is 2.01. The monoisotopic (exact) mass is 161 g/mol. The van der Waals surface area contributed by atoms with Crippen molar-refractivity contribution in [2.75, 3.05) is 0 Å². The number of carbonyl (C=O) groups is 1. The summed E-state index contributed by atoms with van der Waals surface area (Å²) in [6.07, 6.45) is 3.42. The molecule has 0 saturated carbocycles. The zero-order valence-electron chi connectivity index (χ0n) is 6.27. The summed E-state index contributed by atoms with van der Waals surface area (Å²) in [5, 5.41) is 0. The van der Waals surface area contributed by atoms with Crippen molar-refractivity contribution >= 4 is 11.4 Å². The van der Waals surface area contributed by atoms with Crippen molar-refractivity contribution in [3.05, 3.63) is 36.4 Å². The second-order valence-electron chi connectivity index (χ2n) is 2.48. The van der Waals surface area contributed by atoms with E-state index >= 15 is 0 Å². The van der Waals surface area contributed by atoms with E-state index in [1.54, 1.807) is 12.4 Å². The summed E-state index contributed by atoms with van der Waals surface area (Å²) < 4.78 is 1.81. The molecule has 60 valence electrons. The van der Waals surface area contributed by atoms with Crippen LogP contribution in [0.5, 0.6) is 0 Å². The van der Waals surface area contributed by atoms with Crippen molar-refractivity contribution < 1.29 is 4.79 Å². The highest BCUT2D eigenvalue weighted by Crippen LogP contribution is 2.04. The van der Waals surface area contributed by atoms with Gasteiger partial charge in [0, 0.05) is 11.7 Å². The number of hydrogen-bond donors (Lipinski definition) is 1. The molecule has 1 amide bonds. The number of amides is 1. The van der Waals surface area contributed by atoms with Gasteiger partial charge in [-0.15, -0.1) is 0 Å². The lowest BCUT2D eigenvalue weighted by Crippen LogP contribution is -2.13. The van der Waals surface area contributed by atoms with Gasteiger partial charge in [0.05, 0.1) is 6.33 Å². The van der Waals surface area contributed by atoms with E-state index in [0.29, 0.717) is 5.69 Å². The molecule has 12 heavy (non-hydrogen) atoms. The first-order chi connectivity index (χ1) is 5.77. The van der Waals surface area contributed by atoms with Crippen molar-refractivity contribution in [2.45, 2.75) is 0 Å². The highest BCUT2D eigenvalue weighted by atomic mass is 16.1. The zero-order chi connectivity index (χ0) is 8.55. The first kappa shape index (κ1) is 6.84. The van der Waals surface area contributed by atoms with Crippen LogP contribution in [0, 0.1) is 0 Å². The van der Waals surface area contributed by atoms with E-state index < -0.39 is 5.91 Å². The highest BCUT2D eigenvalue weighted by molar-refractivity contribution is 5.91. The molecule has 0 atom stereocenters. The van der Waals surface area contributed by atoms with Gasteiger partial charge in [0.15, 0.2) is 0 Å². The molecule has 2 aromatic heterocycles.